The van der Waals surface area contributed by atoms with Gasteiger partial charge in [-0.05, 0) is 19.9 Å². The van der Waals surface area contributed by atoms with Crippen LogP contribution in [0.1, 0.15) is 20.1 Å². The van der Waals surface area contributed by atoms with Crippen LogP contribution in [-0.2, 0) is 10.0 Å². The SMILES string of the molecule is Cc1cc(C(=O)CN2CCN(S(C)(=O)=O)CC2)c(C)s1. The highest BCUT2D eigenvalue weighted by Gasteiger charge is 2.25. The number of aryl methyl sites for hydroxylation is 2. The number of thiophene rings is 1. The van der Waals surface area contributed by atoms with Gasteiger partial charge in [0.05, 0.1) is 12.8 Å². The lowest BCUT2D eigenvalue weighted by molar-refractivity contribution is 0.0902. The number of Topliss-reactive ketones (excluding diaryl/α,β-unsaturated/α-hetero) is 1. The molecule has 1 saturated heterocycles. The third kappa shape index (κ3) is 3.66. The Balaban J connectivity index is 1.93. The van der Waals surface area contributed by atoms with Crippen molar-refractivity contribution in [3.63, 3.8) is 0 Å². The van der Waals surface area contributed by atoms with E-state index in [4.69, 9.17) is 0 Å². The smallest absolute Gasteiger partial charge is 0.211 e. The molecule has 0 amide bonds. The fourth-order valence-electron chi connectivity index (χ4n) is 2.42. The summed E-state index contributed by atoms with van der Waals surface area (Å²) < 4.78 is 24.3. The summed E-state index contributed by atoms with van der Waals surface area (Å²) in [6.07, 6.45) is 1.23. The summed E-state index contributed by atoms with van der Waals surface area (Å²) in [5.74, 6) is 0.125. The maximum atomic E-state index is 12.3. The van der Waals surface area contributed by atoms with Crippen molar-refractivity contribution in [1.29, 1.82) is 0 Å². The molecule has 7 heteroatoms. The number of nitrogens with zero attached hydrogens (tertiary/aromatic N) is 2. The first kappa shape index (κ1) is 15.6. The van der Waals surface area contributed by atoms with Crippen LogP contribution in [-0.4, -0.2) is 62.4 Å². The molecule has 1 aliphatic rings. The van der Waals surface area contributed by atoms with Crippen molar-refractivity contribution in [1.82, 2.24) is 9.21 Å². The molecule has 0 radical (unpaired) electrons. The van der Waals surface area contributed by atoms with Gasteiger partial charge in [-0.25, -0.2) is 8.42 Å². The quantitative estimate of drug-likeness (QED) is 0.781. The predicted octanol–water partition coefficient (Wildman–Crippen LogP) is 1.12. The zero-order valence-electron chi connectivity index (χ0n) is 12.0. The predicted molar refractivity (Wildman–Crippen MR) is 81.0 cm³/mol. The monoisotopic (exact) mass is 316 g/mol. The molecule has 0 aliphatic carbocycles. The van der Waals surface area contributed by atoms with Crippen molar-refractivity contribution >= 4 is 27.1 Å². The second-order valence-corrected chi connectivity index (χ2v) is 8.63. The molecule has 1 fully saturated rings. The van der Waals surface area contributed by atoms with E-state index in [1.807, 2.05) is 24.8 Å². The largest absolute Gasteiger partial charge is 0.293 e. The van der Waals surface area contributed by atoms with Crippen LogP contribution in [0.25, 0.3) is 0 Å². The zero-order chi connectivity index (χ0) is 14.9. The minimum absolute atomic E-state index is 0.125. The third-order valence-corrected chi connectivity index (χ3v) is 5.78. The molecule has 1 aromatic rings. The Bertz CT molecular complexity index is 599. The van der Waals surface area contributed by atoms with Gasteiger partial charge in [0.1, 0.15) is 0 Å². The Labute approximate surface area is 124 Å². The lowest BCUT2D eigenvalue weighted by atomic mass is 10.1. The summed E-state index contributed by atoms with van der Waals surface area (Å²) in [7, 11) is -3.11. The number of rotatable bonds is 4. The van der Waals surface area contributed by atoms with E-state index in [0.717, 1.165) is 15.3 Å². The summed E-state index contributed by atoms with van der Waals surface area (Å²) in [5, 5.41) is 0. The van der Waals surface area contributed by atoms with Gasteiger partial charge < -0.3 is 0 Å². The van der Waals surface area contributed by atoms with Crippen LogP contribution >= 0.6 is 11.3 Å². The van der Waals surface area contributed by atoms with Gasteiger partial charge in [-0.3, -0.25) is 9.69 Å². The Hall–Kier alpha value is -0.760. The number of hydrogen-bond acceptors (Lipinski definition) is 5. The molecule has 0 spiro atoms. The van der Waals surface area contributed by atoms with Crippen LogP contribution in [0.4, 0.5) is 0 Å². The van der Waals surface area contributed by atoms with Crippen molar-refractivity contribution in [2.45, 2.75) is 13.8 Å². The molecular formula is C13H20N2O3S2. The van der Waals surface area contributed by atoms with Gasteiger partial charge in [0.2, 0.25) is 10.0 Å². The zero-order valence-corrected chi connectivity index (χ0v) is 13.7. The molecule has 0 bridgehead atoms. The van der Waals surface area contributed by atoms with Crippen molar-refractivity contribution in [2.24, 2.45) is 0 Å². The molecule has 0 saturated carbocycles. The number of ketones is 1. The molecule has 112 valence electrons. The van der Waals surface area contributed by atoms with E-state index in [1.165, 1.54) is 10.6 Å². The van der Waals surface area contributed by atoms with Gasteiger partial charge >= 0.3 is 0 Å². The van der Waals surface area contributed by atoms with Crippen molar-refractivity contribution in [3.05, 3.63) is 21.4 Å². The minimum atomic E-state index is -3.11. The van der Waals surface area contributed by atoms with Gasteiger partial charge in [-0.15, -0.1) is 11.3 Å². The van der Waals surface area contributed by atoms with Crippen molar-refractivity contribution in [3.8, 4) is 0 Å². The van der Waals surface area contributed by atoms with Gasteiger partial charge in [0.15, 0.2) is 5.78 Å². The Morgan fingerprint density at radius 1 is 1.25 bits per heavy atom. The topological polar surface area (TPSA) is 57.7 Å². The normalized spacial score (nSPS) is 18.4. The van der Waals surface area contributed by atoms with Crippen LogP contribution in [0.5, 0.6) is 0 Å². The van der Waals surface area contributed by atoms with E-state index >= 15 is 0 Å². The Morgan fingerprint density at radius 3 is 2.30 bits per heavy atom. The standard InChI is InChI=1S/C13H20N2O3S2/c1-10-8-12(11(2)19-10)13(16)9-14-4-6-15(7-5-14)20(3,17)18/h8H,4-7,9H2,1-3H3. The van der Waals surface area contributed by atoms with E-state index < -0.39 is 10.0 Å². The Kier molecular flexibility index (Phi) is 4.63. The first-order valence-electron chi connectivity index (χ1n) is 6.55. The molecule has 20 heavy (non-hydrogen) atoms. The van der Waals surface area contributed by atoms with Crippen LogP contribution in [0.3, 0.4) is 0 Å². The highest BCUT2D eigenvalue weighted by Crippen LogP contribution is 2.21. The minimum Gasteiger partial charge on any atom is -0.293 e. The summed E-state index contributed by atoms with van der Waals surface area (Å²) in [4.78, 5) is 16.5. The second-order valence-electron chi connectivity index (χ2n) is 5.19. The number of sulfonamides is 1. The van der Waals surface area contributed by atoms with E-state index in [2.05, 4.69) is 0 Å². The molecule has 0 N–H and O–H groups in total. The lowest BCUT2D eigenvalue weighted by Gasteiger charge is -2.32. The van der Waals surface area contributed by atoms with E-state index in [9.17, 15) is 13.2 Å². The third-order valence-electron chi connectivity index (χ3n) is 3.51. The summed E-state index contributed by atoms with van der Waals surface area (Å²) in [6, 6.07) is 1.94. The van der Waals surface area contributed by atoms with Gasteiger partial charge in [-0.1, -0.05) is 0 Å². The fraction of sp³-hybridized carbons (Fsp3) is 0.615. The van der Waals surface area contributed by atoms with Crippen LogP contribution in [0.15, 0.2) is 6.07 Å². The average Bonchev–Trinajstić information content (AvgIpc) is 2.68. The molecule has 0 atom stereocenters. The summed E-state index contributed by atoms with van der Waals surface area (Å²) in [5.41, 5.74) is 0.804. The molecule has 2 rings (SSSR count). The van der Waals surface area contributed by atoms with Crippen LogP contribution in [0, 0.1) is 13.8 Å². The van der Waals surface area contributed by atoms with Gasteiger partial charge in [0.25, 0.3) is 0 Å². The van der Waals surface area contributed by atoms with E-state index in [-0.39, 0.29) is 5.78 Å². The first-order chi connectivity index (χ1) is 9.27. The Morgan fingerprint density at radius 2 is 1.85 bits per heavy atom. The average molecular weight is 316 g/mol. The fourth-order valence-corrected chi connectivity index (χ4v) is 4.18. The number of carbonyl (C=O) groups is 1. The molecule has 5 nitrogen and oxygen atoms in total. The van der Waals surface area contributed by atoms with Crippen LogP contribution < -0.4 is 0 Å². The summed E-state index contributed by atoms with van der Waals surface area (Å²) >= 11 is 1.64. The molecule has 0 unspecified atom stereocenters. The van der Waals surface area contributed by atoms with E-state index in [1.54, 1.807) is 11.3 Å². The van der Waals surface area contributed by atoms with Gasteiger partial charge in [-0.2, -0.15) is 4.31 Å². The maximum absolute atomic E-state index is 12.3. The van der Waals surface area contributed by atoms with Gasteiger partial charge in [0, 0.05) is 41.5 Å². The van der Waals surface area contributed by atoms with E-state index in [0.29, 0.717) is 32.7 Å². The second kappa shape index (κ2) is 5.93. The summed E-state index contributed by atoms with van der Waals surface area (Å²) in [6.45, 7) is 6.49. The maximum Gasteiger partial charge on any atom is 0.211 e. The molecule has 1 aromatic heterocycles. The molecule has 0 aromatic carbocycles. The molecule has 1 aliphatic heterocycles. The highest BCUT2D eigenvalue weighted by molar-refractivity contribution is 7.88. The van der Waals surface area contributed by atoms with Crippen molar-refractivity contribution in [2.75, 3.05) is 39.0 Å². The number of carbonyl (C=O) groups excluding carboxylic acids is 1. The van der Waals surface area contributed by atoms with Crippen molar-refractivity contribution < 1.29 is 13.2 Å². The molecular weight excluding hydrogens is 296 g/mol. The molecule has 2 heterocycles. The first-order valence-corrected chi connectivity index (χ1v) is 9.21. The number of piperazine rings is 1. The lowest BCUT2D eigenvalue weighted by Crippen LogP contribution is -2.49. The number of hydrogen-bond donors (Lipinski definition) is 0. The van der Waals surface area contributed by atoms with Crippen LogP contribution in [0.2, 0.25) is 0 Å². The highest BCUT2D eigenvalue weighted by atomic mass is 32.2.